The van der Waals surface area contributed by atoms with Gasteiger partial charge in [0.25, 0.3) is 0 Å². The van der Waals surface area contributed by atoms with Gasteiger partial charge in [0.2, 0.25) is 0 Å². The van der Waals surface area contributed by atoms with Crippen molar-refractivity contribution >= 4 is 0 Å². The summed E-state index contributed by atoms with van der Waals surface area (Å²) in [4.78, 5) is 0. The van der Waals surface area contributed by atoms with Crippen molar-refractivity contribution in [3.63, 3.8) is 0 Å². The van der Waals surface area contributed by atoms with Crippen molar-refractivity contribution in [1.82, 2.24) is 0 Å². The average Bonchev–Trinajstić information content (AvgIpc) is 3.53. The van der Waals surface area contributed by atoms with E-state index in [0.29, 0.717) is 31.1 Å². The van der Waals surface area contributed by atoms with Crippen LogP contribution in [0.25, 0.3) is 0 Å². The molecule has 7 aliphatic rings. The maximum atomic E-state index is 12.5. The molecule has 3 saturated carbocycles. The molecular weight excluding hydrogens is 877 g/mol. The third-order valence-electron chi connectivity index (χ3n) is 18.6. The number of aliphatic hydroxyl groups excluding tert-OH is 11. The normalized spacial score (nSPS) is 50.5. The Morgan fingerprint density at radius 3 is 1.97 bits per heavy atom. The number of rotatable bonds is 15. The molecule has 0 amide bonds. The van der Waals surface area contributed by atoms with Gasteiger partial charge < -0.3 is 89.7 Å². The Balaban J connectivity index is 1.08. The molecule has 3 unspecified atom stereocenters. The Morgan fingerprint density at radius 2 is 1.33 bits per heavy atom. The zero-order chi connectivity index (χ0) is 49.3. The molecule has 12 N–H and O–H groups in total. The van der Waals surface area contributed by atoms with Crippen LogP contribution in [0.3, 0.4) is 0 Å². The lowest BCUT2D eigenvalue weighted by atomic mass is 9.38. The molecule has 0 aromatic heterocycles. The molecule has 18 heteroatoms. The maximum Gasteiger partial charge on any atom is 0.187 e. The molecular formula is C49H84O18. The van der Waals surface area contributed by atoms with Crippen LogP contribution in [-0.4, -0.2) is 191 Å². The number of hydrogen-bond donors (Lipinski definition) is 12. The van der Waals surface area contributed by atoms with Crippen LogP contribution in [0.5, 0.6) is 0 Å². The summed E-state index contributed by atoms with van der Waals surface area (Å²) in [6.07, 6.45) is -15.2. The van der Waals surface area contributed by atoms with Crippen LogP contribution in [-0.2, 0) is 28.4 Å². The maximum absolute atomic E-state index is 12.5. The van der Waals surface area contributed by atoms with Gasteiger partial charge in [0.1, 0.15) is 67.1 Å². The highest BCUT2D eigenvalue weighted by atomic mass is 16.8. The molecule has 0 aromatic carbocycles. The third kappa shape index (κ3) is 9.60. The summed E-state index contributed by atoms with van der Waals surface area (Å²) in [5, 5.41) is 129. The first kappa shape index (κ1) is 53.8. The van der Waals surface area contributed by atoms with E-state index in [9.17, 15) is 61.3 Å². The van der Waals surface area contributed by atoms with Crippen LogP contribution in [0.2, 0.25) is 0 Å². The van der Waals surface area contributed by atoms with Crippen molar-refractivity contribution in [3.05, 3.63) is 11.6 Å². The van der Waals surface area contributed by atoms with E-state index in [2.05, 4.69) is 47.6 Å². The zero-order valence-corrected chi connectivity index (χ0v) is 40.7. The predicted octanol–water partition coefficient (Wildman–Crippen LogP) is 0.363. The second-order valence-electron chi connectivity index (χ2n) is 23.4. The number of hydrogen-bond acceptors (Lipinski definition) is 18. The summed E-state index contributed by atoms with van der Waals surface area (Å²) in [7, 11) is 0. The highest BCUT2D eigenvalue weighted by Gasteiger charge is 2.70. The first-order valence-electron chi connectivity index (χ1n) is 24.9. The van der Waals surface area contributed by atoms with E-state index in [-0.39, 0.29) is 35.7 Å². The second kappa shape index (κ2) is 20.1. The van der Waals surface area contributed by atoms with Crippen molar-refractivity contribution in [3.8, 4) is 0 Å². The van der Waals surface area contributed by atoms with Crippen LogP contribution >= 0.6 is 0 Å². The lowest BCUT2D eigenvalue weighted by molar-refractivity contribution is -0.378. The number of ether oxygens (including phenoxy) is 6. The molecule has 388 valence electrons. The summed E-state index contributed by atoms with van der Waals surface area (Å²) in [5.41, 5.74) is -0.619. The fourth-order valence-electron chi connectivity index (χ4n) is 14.3. The Hall–Kier alpha value is -0.980. The predicted molar refractivity (Wildman–Crippen MR) is 238 cm³/mol. The Kier molecular flexibility index (Phi) is 16.2. The summed E-state index contributed by atoms with van der Waals surface area (Å²) in [6.45, 7) is 15.8. The van der Waals surface area contributed by atoms with E-state index in [1.54, 1.807) is 0 Å². The summed E-state index contributed by atoms with van der Waals surface area (Å²) in [5.74, 6) is 1.21. The monoisotopic (exact) mass is 961 g/mol. The van der Waals surface area contributed by atoms with E-state index in [4.69, 9.17) is 28.4 Å². The summed E-state index contributed by atoms with van der Waals surface area (Å²) < 4.78 is 36.1. The first-order valence-corrected chi connectivity index (χ1v) is 24.9. The lowest BCUT2D eigenvalue weighted by Gasteiger charge is -2.67. The van der Waals surface area contributed by atoms with Gasteiger partial charge >= 0.3 is 0 Å². The van der Waals surface area contributed by atoms with Gasteiger partial charge in [-0.25, -0.2) is 0 Å². The Morgan fingerprint density at radius 1 is 0.716 bits per heavy atom. The highest BCUT2D eigenvalue weighted by Crippen LogP contribution is 2.75. The molecule has 67 heavy (non-hydrogen) atoms. The standard InChI is InChI=1S/C49H84O18/c1-23(10-9-17-45(2,3)61)24-15-18-47(6)30-13-11-25-26(49(30,8)31(52)20-48(24,47)7)12-14-32(46(25,4)5)66-44-41(38(58)33(53)27(63-44)16-19-50)67-43-40(60)37(57)35(55)29(65-43)22-62-42-39(59)36(56)34(54)28(21-51)64-42/h11,23-24,26-44,50-61H,9-10,12-22H2,1-8H3/t23-,24?,26?,27-,28-,29+,30?,31-,32+,33-,34-,35+,36+,37-,38+,39-,40+,41-,42-,43-,44+,47+,48-,49+/m1/s1. The van der Waals surface area contributed by atoms with Crippen molar-refractivity contribution in [2.75, 3.05) is 19.8 Å². The highest BCUT2D eigenvalue weighted by molar-refractivity contribution is 5.32. The van der Waals surface area contributed by atoms with Gasteiger partial charge in [-0.2, -0.15) is 0 Å². The van der Waals surface area contributed by atoms with Crippen LogP contribution in [0, 0.1) is 45.3 Å². The second-order valence-corrected chi connectivity index (χ2v) is 23.4. The number of allylic oxidation sites excluding steroid dienone is 1. The van der Waals surface area contributed by atoms with Crippen LogP contribution < -0.4 is 0 Å². The summed E-state index contributed by atoms with van der Waals surface area (Å²) in [6, 6.07) is 0. The largest absolute Gasteiger partial charge is 0.396 e. The van der Waals surface area contributed by atoms with Crippen LogP contribution in [0.4, 0.5) is 0 Å². The Labute approximate surface area is 395 Å². The minimum atomic E-state index is -1.89. The molecule has 3 saturated heterocycles. The fraction of sp³-hybridized carbons (Fsp3) is 0.959. The van der Waals surface area contributed by atoms with Crippen molar-refractivity contribution in [2.24, 2.45) is 45.3 Å². The van der Waals surface area contributed by atoms with Gasteiger partial charge in [0, 0.05) is 17.4 Å². The number of fused-ring (bicyclic) bond motifs is 5. The van der Waals surface area contributed by atoms with Crippen molar-refractivity contribution in [1.29, 1.82) is 0 Å². The SMILES string of the molecule is C[C@H](CCCC(C)(C)O)C1CC[C@@]2(C)C3CC=C4C(CC[C@H](O[C@@H]5O[C@H](CCO)[C@@H](O)[C@H](O)[C@H]5O[C@H]5O[C@@H](CO[C@@H]6O[C@H](CO)[C@@H](O)[C@H](O)[C@H]6O)[C@H](O)[C@@H](O)[C@@H]5O)C4(C)C)[C@]3(C)[C@H](O)C[C@]12C. The quantitative estimate of drug-likeness (QED) is 0.0987. The van der Waals surface area contributed by atoms with E-state index >= 15 is 0 Å². The van der Waals surface area contributed by atoms with E-state index < -0.39 is 134 Å². The zero-order valence-electron chi connectivity index (χ0n) is 40.7. The molecule has 0 bridgehead atoms. The summed E-state index contributed by atoms with van der Waals surface area (Å²) >= 11 is 0. The van der Waals surface area contributed by atoms with Crippen LogP contribution in [0.1, 0.15) is 120 Å². The molecule has 6 fully saturated rings. The van der Waals surface area contributed by atoms with E-state index in [1.165, 1.54) is 5.57 Å². The molecule has 3 heterocycles. The van der Waals surface area contributed by atoms with Gasteiger partial charge in [0.05, 0.1) is 37.1 Å². The molecule has 4 aliphatic carbocycles. The van der Waals surface area contributed by atoms with Crippen molar-refractivity contribution < 1.29 is 89.7 Å². The molecule has 0 aromatic rings. The van der Waals surface area contributed by atoms with Gasteiger partial charge in [-0.1, -0.05) is 66.0 Å². The minimum absolute atomic E-state index is 0.00464. The smallest absolute Gasteiger partial charge is 0.187 e. The topological polar surface area (TPSA) is 298 Å². The van der Waals surface area contributed by atoms with Gasteiger partial charge in [0.15, 0.2) is 18.9 Å². The average molecular weight is 961 g/mol. The third-order valence-corrected chi connectivity index (χ3v) is 18.6. The molecule has 7 rings (SSSR count). The van der Waals surface area contributed by atoms with Gasteiger partial charge in [-0.15, -0.1) is 0 Å². The van der Waals surface area contributed by atoms with Crippen molar-refractivity contribution in [2.45, 2.75) is 230 Å². The lowest BCUT2D eigenvalue weighted by Crippen LogP contribution is -2.66. The van der Waals surface area contributed by atoms with E-state index in [1.807, 2.05) is 13.8 Å². The van der Waals surface area contributed by atoms with Gasteiger partial charge in [-0.05, 0) is 99.7 Å². The fourth-order valence-corrected chi connectivity index (χ4v) is 14.3. The first-order chi connectivity index (χ1) is 31.3. The van der Waals surface area contributed by atoms with Gasteiger partial charge in [-0.3, -0.25) is 0 Å². The Bertz CT molecular complexity index is 1690. The molecule has 0 spiro atoms. The van der Waals surface area contributed by atoms with E-state index in [0.717, 1.165) is 38.5 Å². The molecule has 24 atom stereocenters. The number of aliphatic hydroxyl groups is 12. The minimum Gasteiger partial charge on any atom is -0.396 e. The molecule has 3 aliphatic heterocycles. The van der Waals surface area contributed by atoms with Crippen LogP contribution in [0.15, 0.2) is 11.6 Å². The molecule has 18 nitrogen and oxygen atoms in total. The molecule has 0 radical (unpaired) electrons.